The lowest BCUT2D eigenvalue weighted by atomic mass is 9.97. The first kappa shape index (κ1) is 32.6. The van der Waals surface area contributed by atoms with Gasteiger partial charge < -0.3 is 19.7 Å². The van der Waals surface area contributed by atoms with Gasteiger partial charge in [0.25, 0.3) is 5.91 Å². The van der Waals surface area contributed by atoms with E-state index in [2.05, 4.69) is 26.1 Å². The molecular formula is C32H52N2O5. The number of esters is 1. The molecule has 7 heteroatoms. The number of hydrogen-bond donors (Lipinski definition) is 1. The minimum absolute atomic E-state index is 0.144. The SMILES string of the molecule is CCCCCCCCCCCCOC(=O)CC1C(=O)NCCN1C(=O)C(CC)Oc1ccccc1C(C)CC. The first-order valence-electron chi connectivity index (χ1n) is 15.4. The van der Waals surface area contributed by atoms with Gasteiger partial charge in [0, 0.05) is 13.1 Å². The van der Waals surface area contributed by atoms with Crippen molar-refractivity contribution in [2.24, 2.45) is 0 Å². The number of nitrogens with one attached hydrogen (secondary N) is 1. The molecule has 0 bridgehead atoms. The van der Waals surface area contributed by atoms with Crippen molar-refractivity contribution in [2.75, 3.05) is 19.7 Å². The van der Waals surface area contributed by atoms with Crippen molar-refractivity contribution >= 4 is 17.8 Å². The van der Waals surface area contributed by atoms with E-state index in [0.29, 0.717) is 37.8 Å². The second-order valence-electron chi connectivity index (χ2n) is 10.8. The average molecular weight is 545 g/mol. The van der Waals surface area contributed by atoms with Crippen molar-refractivity contribution in [2.45, 2.75) is 129 Å². The summed E-state index contributed by atoms with van der Waals surface area (Å²) in [5, 5.41) is 2.79. The minimum Gasteiger partial charge on any atom is -0.480 e. The van der Waals surface area contributed by atoms with E-state index >= 15 is 0 Å². The number of rotatable bonds is 19. The standard InChI is InChI=1S/C32H52N2O5/c1-5-8-9-10-11-12-13-14-15-18-23-38-30(35)24-27-31(36)33-21-22-34(27)32(37)28(7-3)39-29-20-17-16-19-26(29)25(4)6-2/h16-17,19-20,25,27-28H,5-15,18,21-24H2,1-4H3,(H,33,36). The maximum absolute atomic E-state index is 13.5. The third-order valence-electron chi connectivity index (χ3n) is 7.71. The van der Waals surface area contributed by atoms with Crippen molar-refractivity contribution in [1.29, 1.82) is 0 Å². The third-order valence-corrected chi connectivity index (χ3v) is 7.71. The average Bonchev–Trinajstić information content (AvgIpc) is 2.95. The number of para-hydroxylation sites is 1. The van der Waals surface area contributed by atoms with Crippen LogP contribution in [0.4, 0.5) is 0 Å². The van der Waals surface area contributed by atoms with Gasteiger partial charge in [-0.25, -0.2) is 0 Å². The fraction of sp³-hybridized carbons (Fsp3) is 0.719. The summed E-state index contributed by atoms with van der Waals surface area (Å²) in [6.07, 6.45) is 12.6. The van der Waals surface area contributed by atoms with Crippen LogP contribution < -0.4 is 10.1 Å². The number of hydrogen-bond acceptors (Lipinski definition) is 5. The highest BCUT2D eigenvalue weighted by molar-refractivity contribution is 5.93. The smallest absolute Gasteiger partial charge is 0.308 e. The summed E-state index contributed by atoms with van der Waals surface area (Å²) in [4.78, 5) is 40.3. The fourth-order valence-corrected chi connectivity index (χ4v) is 5.04. The quantitative estimate of drug-likeness (QED) is 0.158. The minimum atomic E-state index is -0.881. The van der Waals surface area contributed by atoms with Crippen molar-refractivity contribution in [3.8, 4) is 5.75 Å². The summed E-state index contributed by atoms with van der Waals surface area (Å²) in [5.74, 6) is -0.0328. The van der Waals surface area contributed by atoms with Crippen LogP contribution in [-0.2, 0) is 19.1 Å². The molecule has 0 radical (unpaired) electrons. The molecule has 1 fully saturated rings. The Kier molecular flexibility index (Phi) is 15.6. The number of nitrogens with zero attached hydrogens (tertiary/aromatic N) is 1. The van der Waals surface area contributed by atoms with Gasteiger partial charge in [-0.3, -0.25) is 14.4 Å². The second-order valence-corrected chi connectivity index (χ2v) is 10.8. The number of unbranched alkanes of at least 4 members (excludes halogenated alkanes) is 9. The van der Waals surface area contributed by atoms with E-state index in [-0.39, 0.29) is 18.2 Å². The molecule has 3 unspecified atom stereocenters. The van der Waals surface area contributed by atoms with Crippen LogP contribution in [0.1, 0.15) is 123 Å². The van der Waals surface area contributed by atoms with Crippen LogP contribution in [-0.4, -0.2) is 54.5 Å². The Morgan fingerprint density at radius 2 is 1.59 bits per heavy atom. The summed E-state index contributed by atoms with van der Waals surface area (Å²) in [6, 6.07) is 6.92. The van der Waals surface area contributed by atoms with Crippen LogP contribution in [0.15, 0.2) is 24.3 Å². The third kappa shape index (κ3) is 11.2. The Labute approximate surface area is 236 Å². The van der Waals surface area contributed by atoms with Gasteiger partial charge in [0.15, 0.2) is 6.10 Å². The van der Waals surface area contributed by atoms with E-state index in [0.717, 1.165) is 31.2 Å². The highest BCUT2D eigenvalue weighted by Crippen LogP contribution is 2.30. The zero-order valence-corrected chi connectivity index (χ0v) is 24.8. The number of carbonyl (C=O) groups excluding carboxylic acids is 3. The van der Waals surface area contributed by atoms with E-state index in [1.165, 1.54) is 49.8 Å². The molecule has 1 aliphatic heterocycles. The molecule has 0 saturated carbocycles. The summed E-state index contributed by atoms with van der Waals surface area (Å²) >= 11 is 0. The first-order valence-corrected chi connectivity index (χ1v) is 15.4. The molecule has 39 heavy (non-hydrogen) atoms. The molecule has 0 aliphatic carbocycles. The Hall–Kier alpha value is -2.57. The first-order chi connectivity index (χ1) is 18.9. The highest BCUT2D eigenvalue weighted by atomic mass is 16.5. The van der Waals surface area contributed by atoms with E-state index in [1.807, 2.05) is 31.2 Å². The number of ether oxygens (including phenoxy) is 2. The summed E-state index contributed by atoms with van der Waals surface area (Å²) in [6.45, 7) is 9.44. The monoisotopic (exact) mass is 544 g/mol. The molecule has 220 valence electrons. The van der Waals surface area contributed by atoms with Gasteiger partial charge >= 0.3 is 5.97 Å². The molecule has 1 aromatic carbocycles. The highest BCUT2D eigenvalue weighted by Gasteiger charge is 2.38. The molecule has 0 spiro atoms. The lowest BCUT2D eigenvalue weighted by Crippen LogP contribution is -2.60. The molecule has 1 N–H and O–H groups in total. The van der Waals surface area contributed by atoms with Gasteiger partial charge in [-0.05, 0) is 36.8 Å². The van der Waals surface area contributed by atoms with Gasteiger partial charge in [0.05, 0.1) is 13.0 Å². The molecule has 2 amide bonds. The van der Waals surface area contributed by atoms with Crippen LogP contribution in [0, 0.1) is 0 Å². The Balaban J connectivity index is 1.84. The molecule has 2 rings (SSSR count). The Morgan fingerprint density at radius 3 is 2.23 bits per heavy atom. The lowest BCUT2D eigenvalue weighted by Gasteiger charge is -2.36. The number of piperazine rings is 1. The van der Waals surface area contributed by atoms with Crippen LogP contribution in [0.25, 0.3) is 0 Å². The zero-order chi connectivity index (χ0) is 28.5. The maximum Gasteiger partial charge on any atom is 0.308 e. The van der Waals surface area contributed by atoms with Crippen molar-refractivity contribution in [3.05, 3.63) is 29.8 Å². The number of amides is 2. The summed E-state index contributed by atoms with van der Waals surface area (Å²) in [5.41, 5.74) is 1.06. The Morgan fingerprint density at radius 1 is 0.949 bits per heavy atom. The van der Waals surface area contributed by atoms with Gasteiger partial charge in [-0.1, -0.05) is 104 Å². The number of benzene rings is 1. The van der Waals surface area contributed by atoms with Gasteiger partial charge in [0.1, 0.15) is 11.8 Å². The molecule has 7 nitrogen and oxygen atoms in total. The van der Waals surface area contributed by atoms with Crippen molar-refractivity contribution < 1.29 is 23.9 Å². The van der Waals surface area contributed by atoms with Crippen molar-refractivity contribution in [1.82, 2.24) is 10.2 Å². The second kappa shape index (κ2) is 18.7. The normalized spacial score (nSPS) is 16.9. The zero-order valence-electron chi connectivity index (χ0n) is 24.8. The summed E-state index contributed by atoms with van der Waals surface area (Å²) < 4.78 is 11.7. The van der Waals surface area contributed by atoms with E-state index in [9.17, 15) is 14.4 Å². The van der Waals surface area contributed by atoms with Gasteiger partial charge in [-0.2, -0.15) is 0 Å². The van der Waals surface area contributed by atoms with E-state index in [1.54, 1.807) is 0 Å². The predicted octanol–water partition coefficient (Wildman–Crippen LogP) is 6.54. The topological polar surface area (TPSA) is 84.9 Å². The van der Waals surface area contributed by atoms with E-state index < -0.39 is 18.1 Å². The van der Waals surface area contributed by atoms with E-state index in [4.69, 9.17) is 9.47 Å². The molecule has 1 heterocycles. The van der Waals surface area contributed by atoms with Crippen LogP contribution >= 0.6 is 0 Å². The summed E-state index contributed by atoms with van der Waals surface area (Å²) in [7, 11) is 0. The molecule has 1 aromatic rings. The molecular weight excluding hydrogens is 492 g/mol. The van der Waals surface area contributed by atoms with Crippen molar-refractivity contribution in [3.63, 3.8) is 0 Å². The van der Waals surface area contributed by atoms with Crippen LogP contribution in [0.2, 0.25) is 0 Å². The molecule has 1 aliphatic rings. The van der Waals surface area contributed by atoms with Crippen LogP contribution in [0.5, 0.6) is 5.75 Å². The predicted molar refractivity (Wildman–Crippen MR) is 156 cm³/mol. The largest absolute Gasteiger partial charge is 0.480 e. The molecule has 0 aromatic heterocycles. The molecule has 1 saturated heterocycles. The van der Waals surface area contributed by atoms with Crippen LogP contribution in [0.3, 0.4) is 0 Å². The maximum atomic E-state index is 13.5. The fourth-order valence-electron chi connectivity index (χ4n) is 5.04. The number of carbonyl (C=O) groups is 3. The molecule has 3 atom stereocenters. The van der Waals surface area contributed by atoms with Gasteiger partial charge in [-0.15, -0.1) is 0 Å². The Bertz CT molecular complexity index is 874. The lowest BCUT2D eigenvalue weighted by molar-refractivity contribution is -0.154. The van der Waals surface area contributed by atoms with Gasteiger partial charge in [0.2, 0.25) is 5.91 Å².